The maximum absolute atomic E-state index is 12.0. The second kappa shape index (κ2) is 8.42. The van der Waals surface area contributed by atoms with E-state index in [2.05, 4.69) is 15.8 Å². The third-order valence-corrected chi connectivity index (χ3v) is 4.36. The first-order valence-electron chi connectivity index (χ1n) is 8.39. The minimum Gasteiger partial charge on any atom is -0.394 e. The molecule has 0 aromatic heterocycles. The van der Waals surface area contributed by atoms with E-state index >= 15 is 0 Å². The Kier molecular flexibility index (Phi) is 5.99. The molecule has 27 heavy (non-hydrogen) atoms. The van der Waals surface area contributed by atoms with Gasteiger partial charge in [0, 0.05) is 5.56 Å². The zero-order valence-electron chi connectivity index (χ0n) is 14.3. The van der Waals surface area contributed by atoms with E-state index in [1.807, 2.05) is 42.5 Å². The summed E-state index contributed by atoms with van der Waals surface area (Å²) in [5.74, 6) is 0. The lowest BCUT2D eigenvalue weighted by Gasteiger charge is -2.39. The first kappa shape index (κ1) is 19.2. The molecule has 144 valence electrons. The van der Waals surface area contributed by atoms with Crippen LogP contribution in [0.5, 0.6) is 0 Å². The van der Waals surface area contributed by atoms with Gasteiger partial charge in [-0.25, -0.2) is 10.2 Å². The van der Waals surface area contributed by atoms with Gasteiger partial charge >= 0.3 is 6.03 Å². The van der Waals surface area contributed by atoms with Crippen LogP contribution in [-0.2, 0) is 4.74 Å². The quantitative estimate of drug-likeness (QED) is 0.307. The summed E-state index contributed by atoms with van der Waals surface area (Å²) in [5, 5.41) is 46.6. The van der Waals surface area contributed by atoms with Gasteiger partial charge in [-0.05, 0) is 10.8 Å². The zero-order valence-corrected chi connectivity index (χ0v) is 14.3. The lowest BCUT2D eigenvalue weighted by atomic mass is 9.98. The molecule has 0 unspecified atom stereocenters. The topological polar surface area (TPSA) is 144 Å². The van der Waals surface area contributed by atoms with Crippen molar-refractivity contribution in [3.63, 3.8) is 0 Å². The third-order valence-electron chi connectivity index (χ3n) is 4.36. The summed E-state index contributed by atoms with van der Waals surface area (Å²) in [7, 11) is 0. The molecule has 1 fully saturated rings. The fraction of sp³-hybridized carbons (Fsp3) is 0.333. The van der Waals surface area contributed by atoms with E-state index in [1.165, 1.54) is 6.21 Å². The van der Waals surface area contributed by atoms with Gasteiger partial charge in [-0.2, -0.15) is 5.10 Å². The number of hydrazone groups is 1. The Morgan fingerprint density at radius 3 is 2.59 bits per heavy atom. The van der Waals surface area contributed by atoms with E-state index in [1.54, 1.807) is 0 Å². The van der Waals surface area contributed by atoms with E-state index in [4.69, 9.17) is 9.84 Å². The molecule has 1 aliphatic heterocycles. The van der Waals surface area contributed by atoms with Crippen LogP contribution in [0, 0.1) is 0 Å². The van der Waals surface area contributed by atoms with Crippen LogP contribution in [0.25, 0.3) is 10.8 Å². The van der Waals surface area contributed by atoms with E-state index < -0.39 is 43.3 Å². The number of hydrogen-bond acceptors (Lipinski definition) is 7. The van der Waals surface area contributed by atoms with Crippen molar-refractivity contribution in [3.05, 3.63) is 48.0 Å². The molecule has 2 amide bonds. The van der Waals surface area contributed by atoms with Gasteiger partial charge in [-0.15, -0.1) is 0 Å². The molecule has 0 aliphatic carbocycles. The number of fused-ring (bicyclic) bond motifs is 1. The van der Waals surface area contributed by atoms with Gasteiger partial charge in [0.05, 0.1) is 12.8 Å². The van der Waals surface area contributed by atoms with E-state index in [0.29, 0.717) is 0 Å². The van der Waals surface area contributed by atoms with Crippen LogP contribution < -0.4 is 10.7 Å². The molecule has 1 saturated heterocycles. The second-order valence-corrected chi connectivity index (χ2v) is 6.16. The van der Waals surface area contributed by atoms with Gasteiger partial charge in [0.2, 0.25) is 0 Å². The molecular formula is C18H21N3O6. The summed E-state index contributed by atoms with van der Waals surface area (Å²) in [5.41, 5.74) is 3.05. The number of benzene rings is 2. The summed E-state index contributed by atoms with van der Waals surface area (Å²) in [6.07, 6.45) is -5.55. The average Bonchev–Trinajstić information content (AvgIpc) is 2.68. The highest BCUT2D eigenvalue weighted by Gasteiger charge is 2.43. The Labute approximate surface area is 154 Å². The fourth-order valence-electron chi connectivity index (χ4n) is 2.91. The Hall–Kier alpha value is -2.56. The molecule has 0 bridgehead atoms. The number of carbonyl (C=O) groups is 1. The number of amides is 2. The minimum absolute atomic E-state index is 0.579. The number of nitrogens with zero attached hydrogens (tertiary/aromatic N) is 1. The molecule has 1 heterocycles. The summed E-state index contributed by atoms with van der Waals surface area (Å²) in [6.45, 7) is -0.579. The number of carbonyl (C=O) groups excluding carboxylic acids is 1. The standard InChI is InChI=1S/C18H21N3O6/c22-9-13-14(23)15(24)16(25)17(27-13)20-18(26)21-19-8-11-6-3-5-10-4-1-2-7-12(10)11/h1-8,13-17,22-25H,9H2,(H2,20,21,26)/b19-8+/t13-,14-,15+,16-,17-/m1/s1. The van der Waals surface area contributed by atoms with E-state index in [-0.39, 0.29) is 0 Å². The average molecular weight is 375 g/mol. The van der Waals surface area contributed by atoms with Crippen LogP contribution in [-0.4, -0.2) is 69.9 Å². The smallest absolute Gasteiger partial charge is 0.337 e. The predicted octanol–water partition coefficient (Wildman–Crippen LogP) is -0.727. The van der Waals surface area contributed by atoms with Crippen molar-refractivity contribution in [2.75, 3.05) is 6.61 Å². The first-order chi connectivity index (χ1) is 13.0. The Morgan fingerprint density at radius 1 is 1.07 bits per heavy atom. The van der Waals surface area contributed by atoms with E-state index in [9.17, 15) is 20.1 Å². The zero-order chi connectivity index (χ0) is 19.4. The van der Waals surface area contributed by atoms with Gasteiger partial charge in [-0.3, -0.25) is 0 Å². The van der Waals surface area contributed by atoms with Gasteiger partial charge in [0.1, 0.15) is 24.4 Å². The maximum Gasteiger partial charge on any atom is 0.337 e. The molecule has 9 nitrogen and oxygen atoms in total. The third kappa shape index (κ3) is 4.24. The summed E-state index contributed by atoms with van der Waals surface area (Å²) in [4.78, 5) is 12.0. The number of nitrogens with one attached hydrogen (secondary N) is 2. The Morgan fingerprint density at radius 2 is 1.81 bits per heavy atom. The number of ether oxygens (including phenoxy) is 1. The highest BCUT2D eigenvalue weighted by molar-refractivity contribution is 5.99. The van der Waals surface area contributed by atoms with Crippen LogP contribution in [0.15, 0.2) is 47.6 Å². The highest BCUT2D eigenvalue weighted by atomic mass is 16.6. The van der Waals surface area contributed by atoms with Crippen molar-refractivity contribution in [2.24, 2.45) is 5.10 Å². The predicted molar refractivity (Wildman–Crippen MR) is 97.0 cm³/mol. The number of rotatable bonds is 4. The Balaban J connectivity index is 1.61. The molecule has 0 saturated carbocycles. The summed E-state index contributed by atoms with van der Waals surface area (Å²) < 4.78 is 5.19. The lowest BCUT2D eigenvalue weighted by Crippen LogP contribution is -2.63. The SMILES string of the molecule is O=C(N/N=C/c1cccc2ccccc12)N[C@@H]1O[C@H](CO)[C@@H](O)[C@H](O)[C@H]1O. The molecule has 9 heteroatoms. The van der Waals surface area contributed by atoms with Crippen molar-refractivity contribution >= 4 is 23.0 Å². The first-order valence-corrected chi connectivity index (χ1v) is 8.39. The molecule has 5 atom stereocenters. The maximum atomic E-state index is 12.0. The van der Waals surface area contributed by atoms with Gasteiger partial charge in [0.25, 0.3) is 0 Å². The summed E-state index contributed by atoms with van der Waals surface area (Å²) >= 11 is 0. The molecule has 2 aromatic carbocycles. The van der Waals surface area contributed by atoms with Crippen molar-refractivity contribution in [1.29, 1.82) is 0 Å². The lowest BCUT2D eigenvalue weighted by molar-refractivity contribution is -0.233. The van der Waals surface area contributed by atoms with Crippen LogP contribution in [0.4, 0.5) is 4.79 Å². The van der Waals surface area contributed by atoms with Crippen molar-refractivity contribution in [2.45, 2.75) is 30.6 Å². The fourth-order valence-corrected chi connectivity index (χ4v) is 2.91. The number of aliphatic hydroxyl groups is 4. The molecule has 0 radical (unpaired) electrons. The van der Waals surface area contributed by atoms with Crippen LogP contribution in [0.2, 0.25) is 0 Å². The highest BCUT2D eigenvalue weighted by Crippen LogP contribution is 2.19. The van der Waals surface area contributed by atoms with Crippen molar-refractivity contribution in [3.8, 4) is 0 Å². The number of urea groups is 1. The van der Waals surface area contributed by atoms with Crippen LogP contribution >= 0.6 is 0 Å². The normalized spacial score (nSPS) is 28.4. The number of hydrogen-bond donors (Lipinski definition) is 6. The molecule has 0 spiro atoms. The van der Waals surface area contributed by atoms with Gasteiger partial charge in [-0.1, -0.05) is 42.5 Å². The summed E-state index contributed by atoms with van der Waals surface area (Å²) in [6, 6.07) is 12.6. The largest absolute Gasteiger partial charge is 0.394 e. The van der Waals surface area contributed by atoms with Gasteiger partial charge < -0.3 is 30.5 Å². The molecule has 2 aromatic rings. The second-order valence-electron chi connectivity index (χ2n) is 6.16. The van der Waals surface area contributed by atoms with Crippen LogP contribution in [0.3, 0.4) is 0 Å². The van der Waals surface area contributed by atoms with E-state index in [0.717, 1.165) is 16.3 Å². The van der Waals surface area contributed by atoms with Gasteiger partial charge in [0.15, 0.2) is 6.23 Å². The van der Waals surface area contributed by atoms with Crippen molar-refractivity contribution in [1.82, 2.24) is 10.7 Å². The minimum atomic E-state index is -1.57. The number of aliphatic hydroxyl groups excluding tert-OH is 4. The molecule has 6 N–H and O–H groups in total. The molecule has 3 rings (SSSR count). The van der Waals surface area contributed by atoms with Crippen molar-refractivity contribution < 1.29 is 30.0 Å². The van der Waals surface area contributed by atoms with Crippen LogP contribution in [0.1, 0.15) is 5.56 Å². The Bertz CT molecular complexity index is 822. The molecular weight excluding hydrogens is 354 g/mol. The molecule has 1 aliphatic rings. The monoisotopic (exact) mass is 375 g/mol.